The molecule has 17 heavy (non-hydrogen) atoms. The minimum Gasteiger partial charge on any atom is -0.339 e. The first-order valence-corrected chi connectivity index (χ1v) is 6.67. The van der Waals surface area contributed by atoms with Gasteiger partial charge in [-0.25, -0.2) is 0 Å². The smallest absolute Gasteiger partial charge is 0.219 e. The molecule has 0 aliphatic carbocycles. The van der Waals surface area contributed by atoms with Crippen molar-refractivity contribution < 1.29 is 4.79 Å². The fourth-order valence-electron chi connectivity index (χ4n) is 1.69. The van der Waals surface area contributed by atoms with Gasteiger partial charge in [-0.1, -0.05) is 37.6 Å². The van der Waals surface area contributed by atoms with E-state index in [-0.39, 0.29) is 5.91 Å². The van der Waals surface area contributed by atoms with Crippen molar-refractivity contribution in [2.45, 2.75) is 53.4 Å². The average Bonchev–Trinajstić information content (AvgIpc) is 2.28. The molecule has 1 amide bonds. The van der Waals surface area contributed by atoms with E-state index in [2.05, 4.69) is 39.0 Å². The maximum atomic E-state index is 11.4. The minimum absolute atomic E-state index is 0.172. The second kappa shape index (κ2) is 10.1. The van der Waals surface area contributed by atoms with Crippen LogP contribution in [-0.2, 0) is 4.79 Å². The summed E-state index contributed by atoms with van der Waals surface area (Å²) in [5.41, 5.74) is 1.29. The van der Waals surface area contributed by atoms with Gasteiger partial charge in [0, 0.05) is 20.0 Å². The molecule has 0 aromatic rings. The lowest BCUT2D eigenvalue weighted by atomic mass is 10.2. The van der Waals surface area contributed by atoms with Crippen LogP contribution in [0.4, 0.5) is 0 Å². The number of amides is 1. The summed E-state index contributed by atoms with van der Waals surface area (Å²) in [4.78, 5) is 13.3. The lowest BCUT2D eigenvalue weighted by Gasteiger charge is -2.20. The first-order chi connectivity index (χ1) is 8.11. The van der Waals surface area contributed by atoms with Crippen LogP contribution in [-0.4, -0.2) is 23.9 Å². The van der Waals surface area contributed by atoms with Crippen molar-refractivity contribution in [3.8, 4) is 0 Å². The molecule has 2 heteroatoms. The SMILES string of the molecule is CC/C=C\CC/C=C(\C)CN(CCC)C(C)=O. The van der Waals surface area contributed by atoms with Crippen LogP contribution in [0, 0.1) is 0 Å². The Hall–Kier alpha value is -1.05. The summed E-state index contributed by atoms with van der Waals surface area (Å²) in [5, 5.41) is 0. The normalized spacial score (nSPS) is 12.1. The molecule has 0 atom stereocenters. The van der Waals surface area contributed by atoms with Crippen molar-refractivity contribution in [2.75, 3.05) is 13.1 Å². The van der Waals surface area contributed by atoms with E-state index >= 15 is 0 Å². The molecule has 0 aliphatic heterocycles. The molecule has 0 radical (unpaired) electrons. The van der Waals surface area contributed by atoms with Crippen LogP contribution in [0.15, 0.2) is 23.8 Å². The zero-order valence-electron chi connectivity index (χ0n) is 11.8. The van der Waals surface area contributed by atoms with Crippen molar-refractivity contribution in [3.05, 3.63) is 23.8 Å². The first kappa shape index (κ1) is 16.0. The molecule has 0 heterocycles. The van der Waals surface area contributed by atoms with Crippen molar-refractivity contribution in [2.24, 2.45) is 0 Å². The van der Waals surface area contributed by atoms with Gasteiger partial charge < -0.3 is 4.90 Å². The minimum atomic E-state index is 0.172. The Kier molecular flexibility index (Phi) is 9.50. The highest BCUT2D eigenvalue weighted by Crippen LogP contribution is 2.04. The Morgan fingerprint density at radius 2 is 1.82 bits per heavy atom. The van der Waals surface area contributed by atoms with Crippen LogP contribution in [0.5, 0.6) is 0 Å². The summed E-state index contributed by atoms with van der Waals surface area (Å²) in [6.45, 7) is 9.64. The predicted molar refractivity (Wildman–Crippen MR) is 75.0 cm³/mol. The third kappa shape index (κ3) is 8.73. The monoisotopic (exact) mass is 237 g/mol. The third-order valence-corrected chi connectivity index (χ3v) is 2.61. The molecular formula is C15H27NO. The summed E-state index contributed by atoms with van der Waals surface area (Å²) in [6, 6.07) is 0. The average molecular weight is 237 g/mol. The maximum Gasteiger partial charge on any atom is 0.219 e. The van der Waals surface area contributed by atoms with Gasteiger partial charge in [0.2, 0.25) is 5.91 Å². The standard InChI is InChI=1S/C15H27NO/c1-5-7-8-9-10-11-14(3)13-16(12-6-2)15(4)17/h7-8,11H,5-6,9-10,12-13H2,1-4H3/b8-7-,14-11+. The lowest BCUT2D eigenvalue weighted by Crippen LogP contribution is -2.31. The zero-order valence-corrected chi connectivity index (χ0v) is 11.8. The van der Waals surface area contributed by atoms with Crippen LogP contribution in [0.25, 0.3) is 0 Å². The van der Waals surface area contributed by atoms with Crippen LogP contribution in [0.2, 0.25) is 0 Å². The Morgan fingerprint density at radius 3 is 2.35 bits per heavy atom. The maximum absolute atomic E-state index is 11.4. The van der Waals surface area contributed by atoms with Gasteiger partial charge in [-0.05, 0) is 32.6 Å². The molecule has 0 fully saturated rings. The number of carbonyl (C=O) groups excluding carboxylic acids is 1. The van der Waals surface area contributed by atoms with Gasteiger partial charge in [-0.2, -0.15) is 0 Å². The van der Waals surface area contributed by atoms with Crippen molar-refractivity contribution in [1.82, 2.24) is 4.90 Å². The molecule has 0 spiro atoms. The summed E-state index contributed by atoms with van der Waals surface area (Å²) >= 11 is 0. The van der Waals surface area contributed by atoms with Gasteiger partial charge >= 0.3 is 0 Å². The van der Waals surface area contributed by atoms with Crippen LogP contribution < -0.4 is 0 Å². The third-order valence-electron chi connectivity index (χ3n) is 2.61. The lowest BCUT2D eigenvalue weighted by molar-refractivity contribution is -0.128. The molecule has 0 rings (SSSR count). The van der Waals surface area contributed by atoms with Crippen molar-refractivity contribution >= 4 is 5.91 Å². The van der Waals surface area contributed by atoms with E-state index in [9.17, 15) is 4.79 Å². The molecule has 2 nitrogen and oxygen atoms in total. The fraction of sp³-hybridized carbons (Fsp3) is 0.667. The van der Waals surface area contributed by atoms with E-state index in [1.165, 1.54) is 5.57 Å². The molecule has 0 aromatic carbocycles. The van der Waals surface area contributed by atoms with Gasteiger partial charge in [0.15, 0.2) is 0 Å². The Labute approximate surface area is 106 Å². The van der Waals surface area contributed by atoms with E-state index < -0.39 is 0 Å². The molecule has 0 aliphatic rings. The van der Waals surface area contributed by atoms with E-state index in [1.807, 2.05) is 4.90 Å². The molecule has 0 saturated heterocycles. The summed E-state index contributed by atoms with van der Waals surface area (Å²) in [7, 11) is 0. The van der Waals surface area contributed by atoms with E-state index in [4.69, 9.17) is 0 Å². The quantitative estimate of drug-likeness (QED) is 0.462. The second-order valence-electron chi connectivity index (χ2n) is 4.45. The van der Waals surface area contributed by atoms with Crippen LogP contribution >= 0.6 is 0 Å². The first-order valence-electron chi connectivity index (χ1n) is 6.67. The Morgan fingerprint density at radius 1 is 1.12 bits per heavy atom. The highest BCUT2D eigenvalue weighted by molar-refractivity contribution is 5.73. The Balaban J connectivity index is 4.02. The van der Waals surface area contributed by atoms with E-state index in [1.54, 1.807) is 6.92 Å². The van der Waals surface area contributed by atoms with Gasteiger partial charge in [0.1, 0.15) is 0 Å². The number of rotatable bonds is 8. The molecule has 98 valence electrons. The summed E-state index contributed by atoms with van der Waals surface area (Å²) < 4.78 is 0. The molecular weight excluding hydrogens is 210 g/mol. The van der Waals surface area contributed by atoms with Crippen LogP contribution in [0.1, 0.15) is 53.4 Å². The second-order valence-corrected chi connectivity index (χ2v) is 4.45. The molecule has 0 bridgehead atoms. The topological polar surface area (TPSA) is 20.3 Å². The van der Waals surface area contributed by atoms with Gasteiger partial charge in [0.05, 0.1) is 0 Å². The zero-order chi connectivity index (χ0) is 13.1. The van der Waals surface area contributed by atoms with Gasteiger partial charge in [-0.15, -0.1) is 0 Å². The summed E-state index contributed by atoms with van der Waals surface area (Å²) in [6.07, 6.45) is 11.0. The number of allylic oxidation sites excluding steroid dienone is 3. The Bertz CT molecular complexity index is 266. The van der Waals surface area contributed by atoms with Crippen molar-refractivity contribution in [1.29, 1.82) is 0 Å². The van der Waals surface area contributed by atoms with Gasteiger partial charge in [-0.3, -0.25) is 4.79 Å². The molecule has 0 saturated carbocycles. The van der Waals surface area contributed by atoms with E-state index in [0.717, 1.165) is 38.8 Å². The number of carbonyl (C=O) groups is 1. The van der Waals surface area contributed by atoms with Crippen LogP contribution in [0.3, 0.4) is 0 Å². The summed E-state index contributed by atoms with van der Waals surface area (Å²) in [5.74, 6) is 0.172. The highest BCUT2D eigenvalue weighted by Gasteiger charge is 2.06. The highest BCUT2D eigenvalue weighted by atomic mass is 16.2. The fourth-order valence-corrected chi connectivity index (χ4v) is 1.69. The predicted octanol–water partition coefficient (Wildman–Crippen LogP) is 3.94. The number of hydrogen-bond acceptors (Lipinski definition) is 1. The van der Waals surface area contributed by atoms with Gasteiger partial charge in [0.25, 0.3) is 0 Å². The molecule has 0 unspecified atom stereocenters. The number of nitrogens with zero attached hydrogens (tertiary/aromatic N) is 1. The largest absolute Gasteiger partial charge is 0.339 e. The number of unbranched alkanes of at least 4 members (excludes halogenated alkanes) is 1. The number of hydrogen-bond donors (Lipinski definition) is 0. The molecule has 0 N–H and O–H groups in total. The molecule has 0 aromatic heterocycles. The van der Waals surface area contributed by atoms with E-state index in [0.29, 0.717) is 0 Å². The van der Waals surface area contributed by atoms with Crippen molar-refractivity contribution in [3.63, 3.8) is 0 Å².